The number of piperidine rings is 1. The standard InChI is InChI=1S/C18H28N2O2/c1-2-19-12-6-10-16-11-7-13-20(14-16)18(21)22-15-17-8-4-3-5-9-17/h3-5,8-9,16,19H,2,6-7,10-15H2,1H3/t16-/m0/s1. The fourth-order valence-corrected chi connectivity index (χ4v) is 2.97. The van der Waals surface area contributed by atoms with Gasteiger partial charge in [-0.05, 0) is 50.3 Å². The second kappa shape index (κ2) is 9.46. The molecule has 0 bridgehead atoms. The van der Waals surface area contributed by atoms with Crippen LogP contribution in [0.5, 0.6) is 0 Å². The summed E-state index contributed by atoms with van der Waals surface area (Å²) in [5.41, 5.74) is 1.04. The van der Waals surface area contributed by atoms with Gasteiger partial charge in [-0.25, -0.2) is 4.79 Å². The minimum atomic E-state index is -0.166. The van der Waals surface area contributed by atoms with Crippen LogP contribution in [-0.4, -0.2) is 37.2 Å². The second-order valence-electron chi connectivity index (χ2n) is 5.99. The molecule has 1 saturated heterocycles. The summed E-state index contributed by atoms with van der Waals surface area (Å²) in [5, 5.41) is 3.36. The van der Waals surface area contributed by atoms with Crippen molar-refractivity contribution in [1.29, 1.82) is 0 Å². The minimum absolute atomic E-state index is 0.166. The Labute approximate surface area is 133 Å². The van der Waals surface area contributed by atoms with Crippen LogP contribution in [0.1, 0.15) is 38.2 Å². The summed E-state index contributed by atoms with van der Waals surface area (Å²) in [5.74, 6) is 0.622. The summed E-state index contributed by atoms with van der Waals surface area (Å²) in [7, 11) is 0. The van der Waals surface area contributed by atoms with Crippen molar-refractivity contribution in [1.82, 2.24) is 10.2 Å². The van der Waals surface area contributed by atoms with Crippen molar-refractivity contribution in [2.75, 3.05) is 26.2 Å². The van der Waals surface area contributed by atoms with Gasteiger partial charge in [-0.2, -0.15) is 0 Å². The molecule has 2 rings (SSSR count). The Kier molecular flexibility index (Phi) is 7.23. The Hall–Kier alpha value is -1.55. The number of hydrogen-bond acceptors (Lipinski definition) is 3. The Morgan fingerprint density at radius 1 is 1.36 bits per heavy atom. The Balaban J connectivity index is 1.70. The van der Waals surface area contributed by atoms with E-state index in [1.807, 2.05) is 35.2 Å². The summed E-state index contributed by atoms with van der Waals surface area (Å²) < 4.78 is 5.43. The van der Waals surface area contributed by atoms with Crippen molar-refractivity contribution in [2.24, 2.45) is 5.92 Å². The summed E-state index contributed by atoms with van der Waals surface area (Å²) in [6, 6.07) is 9.85. The van der Waals surface area contributed by atoms with Crippen LogP contribution in [0.3, 0.4) is 0 Å². The van der Waals surface area contributed by atoms with E-state index in [0.717, 1.165) is 38.2 Å². The molecule has 1 N–H and O–H groups in total. The molecule has 0 saturated carbocycles. The van der Waals surface area contributed by atoms with Crippen molar-refractivity contribution in [3.8, 4) is 0 Å². The summed E-state index contributed by atoms with van der Waals surface area (Å²) in [6.07, 6.45) is 4.53. The van der Waals surface area contributed by atoms with Gasteiger partial charge in [-0.1, -0.05) is 37.3 Å². The molecule has 1 aromatic rings. The number of nitrogens with one attached hydrogen (secondary N) is 1. The van der Waals surface area contributed by atoms with Gasteiger partial charge in [-0.15, -0.1) is 0 Å². The third-order valence-electron chi connectivity index (χ3n) is 4.20. The van der Waals surface area contributed by atoms with Crippen LogP contribution in [0, 0.1) is 5.92 Å². The number of rotatable bonds is 7. The van der Waals surface area contributed by atoms with Gasteiger partial charge >= 0.3 is 6.09 Å². The predicted octanol–water partition coefficient (Wildman–Crippen LogP) is 3.42. The number of carbonyl (C=O) groups is 1. The summed E-state index contributed by atoms with van der Waals surface area (Å²) >= 11 is 0. The molecule has 1 heterocycles. The van der Waals surface area contributed by atoms with Gasteiger partial charge in [0, 0.05) is 13.1 Å². The van der Waals surface area contributed by atoms with Crippen LogP contribution in [-0.2, 0) is 11.3 Å². The molecule has 122 valence electrons. The molecule has 1 aromatic carbocycles. The van der Waals surface area contributed by atoms with Crippen LogP contribution in [0.2, 0.25) is 0 Å². The van der Waals surface area contributed by atoms with E-state index in [1.54, 1.807) is 0 Å². The molecular weight excluding hydrogens is 276 g/mol. The van der Waals surface area contributed by atoms with Crippen molar-refractivity contribution in [3.05, 3.63) is 35.9 Å². The number of amides is 1. The molecule has 1 fully saturated rings. The predicted molar refractivity (Wildman–Crippen MR) is 88.7 cm³/mol. The Bertz CT molecular complexity index is 436. The maximum Gasteiger partial charge on any atom is 0.410 e. The molecule has 0 aromatic heterocycles. The van der Waals surface area contributed by atoms with Gasteiger partial charge in [0.1, 0.15) is 6.61 Å². The molecule has 0 spiro atoms. The summed E-state index contributed by atoms with van der Waals surface area (Å²) in [6.45, 7) is 6.28. The van der Waals surface area contributed by atoms with Crippen molar-refractivity contribution >= 4 is 6.09 Å². The van der Waals surface area contributed by atoms with E-state index in [4.69, 9.17) is 4.74 Å². The first-order valence-corrected chi connectivity index (χ1v) is 8.46. The highest BCUT2D eigenvalue weighted by molar-refractivity contribution is 5.67. The van der Waals surface area contributed by atoms with E-state index in [-0.39, 0.29) is 6.09 Å². The molecule has 0 unspecified atom stereocenters. The highest BCUT2D eigenvalue weighted by Gasteiger charge is 2.24. The van der Waals surface area contributed by atoms with Gasteiger partial charge in [0.15, 0.2) is 0 Å². The molecule has 22 heavy (non-hydrogen) atoms. The lowest BCUT2D eigenvalue weighted by Gasteiger charge is -2.32. The SMILES string of the molecule is CCNCCC[C@H]1CCCN(C(=O)OCc2ccccc2)C1. The molecule has 1 atom stereocenters. The third-order valence-corrected chi connectivity index (χ3v) is 4.20. The molecule has 1 aliphatic rings. The number of carbonyl (C=O) groups excluding carboxylic acids is 1. The number of benzene rings is 1. The highest BCUT2D eigenvalue weighted by Crippen LogP contribution is 2.21. The minimum Gasteiger partial charge on any atom is -0.445 e. The lowest BCUT2D eigenvalue weighted by Crippen LogP contribution is -2.40. The van der Waals surface area contributed by atoms with Crippen LogP contribution in [0.25, 0.3) is 0 Å². The zero-order chi connectivity index (χ0) is 15.6. The zero-order valence-corrected chi connectivity index (χ0v) is 13.6. The Morgan fingerprint density at radius 2 is 2.18 bits per heavy atom. The maximum atomic E-state index is 12.2. The number of nitrogens with zero attached hydrogens (tertiary/aromatic N) is 1. The van der Waals surface area contributed by atoms with Gasteiger partial charge < -0.3 is 15.0 Å². The molecule has 1 amide bonds. The maximum absolute atomic E-state index is 12.2. The fraction of sp³-hybridized carbons (Fsp3) is 0.611. The first kappa shape index (κ1) is 16.8. The molecular formula is C18H28N2O2. The molecule has 1 aliphatic heterocycles. The summed E-state index contributed by atoms with van der Waals surface area (Å²) in [4.78, 5) is 14.1. The van der Waals surface area contributed by atoms with E-state index < -0.39 is 0 Å². The van der Waals surface area contributed by atoms with Gasteiger partial charge in [0.25, 0.3) is 0 Å². The fourth-order valence-electron chi connectivity index (χ4n) is 2.97. The first-order valence-electron chi connectivity index (χ1n) is 8.46. The van der Waals surface area contributed by atoms with E-state index in [0.29, 0.717) is 12.5 Å². The van der Waals surface area contributed by atoms with E-state index in [2.05, 4.69) is 12.2 Å². The van der Waals surface area contributed by atoms with Crippen molar-refractivity contribution < 1.29 is 9.53 Å². The number of ether oxygens (including phenoxy) is 1. The van der Waals surface area contributed by atoms with Crippen LogP contribution in [0.4, 0.5) is 4.79 Å². The van der Waals surface area contributed by atoms with Gasteiger partial charge in [-0.3, -0.25) is 0 Å². The van der Waals surface area contributed by atoms with Gasteiger partial charge in [0.2, 0.25) is 0 Å². The quantitative estimate of drug-likeness (QED) is 0.785. The monoisotopic (exact) mass is 304 g/mol. The highest BCUT2D eigenvalue weighted by atomic mass is 16.6. The number of hydrogen-bond donors (Lipinski definition) is 1. The number of likely N-dealkylation sites (tertiary alicyclic amines) is 1. The second-order valence-corrected chi connectivity index (χ2v) is 5.99. The molecule has 4 heteroatoms. The first-order chi connectivity index (χ1) is 10.8. The van der Waals surface area contributed by atoms with E-state index in [9.17, 15) is 4.79 Å². The molecule has 0 radical (unpaired) electrons. The smallest absolute Gasteiger partial charge is 0.410 e. The average molecular weight is 304 g/mol. The molecule has 0 aliphatic carbocycles. The molecule has 4 nitrogen and oxygen atoms in total. The Morgan fingerprint density at radius 3 is 2.95 bits per heavy atom. The van der Waals surface area contributed by atoms with Gasteiger partial charge in [0.05, 0.1) is 0 Å². The van der Waals surface area contributed by atoms with Crippen molar-refractivity contribution in [2.45, 2.75) is 39.2 Å². The lowest BCUT2D eigenvalue weighted by molar-refractivity contribution is 0.0777. The van der Waals surface area contributed by atoms with E-state index in [1.165, 1.54) is 19.3 Å². The van der Waals surface area contributed by atoms with Crippen LogP contribution < -0.4 is 5.32 Å². The lowest BCUT2D eigenvalue weighted by atomic mass is 9.93. The zero-order valence-electron chi connectivity index (χ0n) is 13.6. The van der Waals surface area contributed by atoms with E-state index >= 15 is 0 Å². The van der Waals surface area contributed by atoms with Crippen LogP contribution >= 0.6 is 0 Å². The van der Waals surface area contributed by atoms with Crippen LogP contribution in [0.15, 0.2) is 30.3 Å². The largest absolute Gasteiger partial charge is 0.445 e. The third kappa shape index (κ3) is 5.68. The topological polar surface area (TPSA) is 41.6 Å². The van der Waals surface area contributed by atoms with Crippen molar-refractivity contribution in [3.63, 3.8) is 0 Å². The average Bonchev–Trinajstić information content (AvgIpc) is 2.58. The normalized spacial score (nSPS) is 18.2.